The lowest BCUT2D eigenvalue weighted by Gasteiger charge is -2.12. The molecule has 29 heavy (non-hydrogen) atoms. The summed E-state index contributed by atoms with van der Waals surface area (Å²) < 4.78 is 44.4. The Morgan fingerprint density at radius 3 is 2.72 bits per heavy atom. The molecule has 1 aromatic heterocycles. The van der Waals surface area contributed by atoms with Crippen molar-refractivity contribution < 1.29 is 22.7 Å². The summed E-state index contributed by atoms with van der Waals surface area (Å²) in [6.45, 7) is -0.0126. The van der Waals surface area contributed by atoms with Gasteiger partial charge in [0.15, 0.2) is 0 Å². The zero-order chi connectivity index (χ0) is 20.4. The van der Waals surface area contributed by atoms with Crippen molar-refractivity contribution in [3.05, 3.63) is 70.7 Å². The van der Waals surface area contributed by atoms with Crippen molar-refractivity contribution in [2.75, 3.05) is 0 Å². The molecular weight excluding hydrogens is 401 g/mol. The van der Waals surface area contributed by atoms with Gasteiger partial charge in [-0.3, -0.25) is 4.79 Å². The van der Waals surface area contributed by atoms with E-state index in [1.54, 1.807) is 23.6 Å². The summed E-state index contributed by atoms with van der Waals surface area (Å²) in [6, 6.07) is 12.4. The molecule has 0 bridgehead atoms. The molecule has 0 atom stereocenters. The Labute approximate surface area is 169 Å². The summed E-state index contributed by atoms with van der Waals surface area (Å²) in [5.74, 6) is 0.297. The van der Waals surface area contributed by atoms with E-state index in [-0.39, 0.29) is 18.6 Å². The summed E-state index contributed by atoms with van der Waals surface area (Å²) in [5, 5.41) is 5.20. The zero-order valence-electron chi connectivity index (χ0n) is 15.2. The lowest BCUT2D eigenvalue weighted by Crippen LogP contribution is -2.25. The first-order chi connectivity index (χ1) is 13.9. The van der Waals surface area contributed by atoms with Gasteiger partial charge in [-0.2, -0.15) is 13.2 Å². The first kappa shape index (κ1) is 19.4. The van der Waals surface area contributed by atoms with E-state index in [4.69, 9.17) is 4.74 Å². The minimum Gasteiger partial charge on any atom is -0.488 e. The van der Waals surface area contributed by atoms with Crippen molar-refractivity contribution in [3.63, 3.8) is 0 Å². The SMILES string of the molecule is O=C(NC1CC1)c1csc(-c2ccccc2OCc2cccc(C(F)(F)F)c2)n1. The van der Waals surface area contributed by atoms with Crippen LogP contribution in [0, 0.1) is 0 Å². The van der Waals surface area contributed by atoms with Gasteiger partial charge in [0.05, 0.1) is 11.1 Å². The van der Waals surface area contributed by atoms with Crippen molar-refractivity contribution in [3.8, 4) is 16.3 Å². The highest BCUT2D eigenvalue weighted by Gasteiger charge is 2.30. The first-order valence-electron chi connectivity index (χ1n) is 9.05. The number of amides is 1. The Morgan fingerprint density at radius 2 is 1.97 bits per heavy atom. The van der Waals surface area contributed by atoms with Gasteiger partial charge in [-0.1, -0.05) is 24.3 Å². The standard InChI is InChI=1S/C21H17F3N2O2S/c22-21(23,24)14-5-3-4-13(10-14)11-28-18-7-2-1-6-16(18)20-26-17(12-29-20)19(27)25-15-8-9-15/h1-7,10,12,15H,8-9,11H2,(H,25,27). The number of hydrogen-bond acceptors (Lipinski definition) is 4. The monoisotopic (exact) mass is 418 g/mol. The van der Waals surface area contributed by atoms with E-state index in [2.05, 4.69) is 10.3 Å². The Bertz CT molecular complexity index is 1030. The molecule has 1 amide bonds. The second kappa shape index (κ2) is 7.87. The molecule has 0 radical (unpaired) electrons. The number of carbonyl (C=O) groups excluding carboxylic acids is 1. The topological polar surface area (TPSA) is 51.2 Å². The van der Waals surface area contributed by atoms with Crippen LogP contribution in [0.2, 0.25) is 0 Å². The number of para-hydroxylation sites is 1. The largest absolute Gasteiger partial charge is 0.488 e. The van der Waals surface area contributed by atoms with E-state index >= 15 is 0 Å². The smallest absolute Gasteiger partial charge is 0.416 e. The van der Waals surface area contributed by atoms with Gasteiger partial charge in [0.25, 0.3) is 5.91 Å². The maximum absolute atomic E-state index is 12.9. The fraction of sp³-hybridized carbons (Fsp3) is 0.238. The quantitative estimate of drug-likeness (QED) is 0.591. The molecular formula is C21H17F3N2O2S. The maximum atomic E-state index is 12.9. The van der Waals surface area contributed by atoms with Crippen molar-refractivity contribution in [1.29, 1.82) is 0 Å². The Hall–Kier alpha value is -2.87. The molecule has 8 heteroatoms. The summed E-state index contributed by atoms with van der Waals surface area (Å²) >= 11 is 1.32. The van der Waals surface area contributed by atoms with Crippen LogP contribution in [0.5, 0.6) is 5.75 Å². The van der Waals surface area contributed by atoms with E-state index in [0.717, 1.165) is 25.0 Å². The molecule has 4 nitrogen and oxygen atoms in total. The lowest BCUT2D eigenvalue weighted by molar-refractivity contribution is -0.137. The average molecular weight is 418 g/mol. The molecule has 0 aliphatic heterocycles. The molecule has 3 aromatic rings. The number of hydrogen-bond donors (Lipinski definition) is 1. The number of carbonyl (C=O) groups is 1. The van der Waals surface area contributed by atoms with E-state index in [1.165, 1.54) is 17.4 Å². The number of nitrogens with one attached hydrogen (secondary N) is 1. The van der Waals surface area contributed by atoms with Crippen LogP contribution < -0.4 is 10.1 Å². The van der Waals surface area contributed by atoms with E-state index < -0.39 is 11.7 Å². The molecule has 0 saturated heterocycles. The van der Waals surface area contributed by atoms with Gasteiger partial charge in [0.1, 0.15) is 23.1 Å². The fourth-order valence-electron chi connectivity index (χ4n) is 2.76. The number of rotatable bonds is 6. The van der Waals surface area contributed by atoms with Crippen LogP contribution >= 0.6 is 11.3 Å². The molecule has 4 rings (SSSR count). The summed E-state index contributed by atoms with van der Waals surface area (Å²) in [5.41, 5.74) is 0.746. The molecule has 0 spiro atoms. The van der Waals surface area contributed by atoms with Gasteiger partial charge in [0.2, 0.25) is 0 Å². The Morgan fingerprint density at radius 1 is 1.17 bits per heavy atom. The van der Waals surface area contributed by atoms with Crippen LogP contribution in [0.3, 0.4) is 0 Å². The van der Waals surface area contributed by atoms with Crippen molar-refractivity contribution in [2.45, 2.75) is 31.7 Å². The third kappa shape index (κ3) is 4.76. The Kier molecular flexibility index (Phi) is 5.27. The average Bonchev–Trinajstić information content (AvgIpc) is 3.38. The molecule has 2 aromatic carbocycles. The van der Waals surface area contributed by atoms with Gasteiger partial charge in [-0.15, -0.1) is 11.3 Å². The zero-order valence-corrected chi connectivity index (χ0v) is 16.0. The third-order valence-electron chi connectivity index (χ3n) is 4.42. The number of aromatic nitrogens is 1. The van der Waals surface area contributed by atoms with E-state index in [9.17, 15) is 18.0 Å². The fourth-order valence-corrected chi connectivity index (χ4v) is 3.59. The van der Waals surface area contributed by atoms with Crippen LogP contribution in [-0.4, -0.2) is 16.9 Å². The molecule has 1 fully saturated rings. The summed E-state index contributed by atoms with van der Waals surface area (Å²) in [7, 11) is 0. The van der Waals surface area contributed by atoms with Crippen LogP contribution in [0.1, 0.15) is 34.5 Å². The van der Waals surface area contributed by atoms with Gasteiger partial charge in [-0.25, -0.2) is 4.98 Å². The number of benzene rings is 2. The third-order valence-corrected chi connectivity index (χ3v) is 5.29. The first-order valence-corrected chi connectivity index (χ1v) is 9.93. The lowest BCUT2D eigenvalue weighted by atomic mass is 10.1. The van der Waals surface area contributed by atoms with Gasteiger partial charge in [-0.05, 0) is 42.7 Å². The molecule has 0 unspecified atom stereocenters. The molecule has 1 saturated carbocycles. The predicted molar refractivity (Wildman–Crippen MR) is 104 cm³/mol. The van der Waals surface area contributed by atoms with E-state index in [1.807, 2.05) is 12.1 Å². The van der Waals surface area contributed by atoms with Gasteiger partial charge >= 0.3 is 6.18 Å². The van der Waals surface area contributed by atoms with Crippen molar-refractivity contribution >= 4 is 17.2 Å². The predicted octanol–water partition coefficient (Wildman–Crippen LogP) is 5.30. The molecule has 1 N–H and O–H groups in total. The van der Waals surface area contributed by atoms with Gasteiger partial charge in [0, 0.05) is 11.4 Å². The molecule has 1 aliphatic rings. The Balaban J connectivity index is 1.50. The van der Waals surface area contributed by atoms with Crippen LogP contribution in [0.4, 0.5) is 13.2 Å². The minimum atomic E-state index is -4.40. The van der Waals surface area contributed by atoms with Crippen LogP contribution in [0.15, 0.2) is 53.9 Å². The molecule has 1 heterocycles. The molecule has 1 aliphatic carbocycles. The number of ether oxygens (including phenoxy) is 1. The van der Waals surface area contributed by atoms with Crippen LogP contribution in [-0.2, 0) is 12.8 Å². The maximum Gasteiger partial charge on any atom is 0.416 e. The number of halogens is 3. The second-order valence-electron chi connectivity index (χ2n) is 6.77. The van der Waals surface area contributed by atoms with E-state index in [0.29, 0.717) is 27.6 Å². The van der Waals surface area contributed by atoms with Crippen molar-refractivity contribution in [2.24, 2.45) is 0 Å². The molecule has 150 valence electrons. The van der Waals surface area contributed by atoms with Crippen molar-refractivity contribution in [1.82, 2.24) is 10.3 Å². The summed E-state index contributed by atoms with van der Waals surface area (Å²) in [4.78, 5) is 16.6. The second-order valence-corrected chi connectivity index (χ2v) is 7.63. The number of thiazole rings is 1. The summed E-state index contributed by atoms with van der Waals surface area (Å²) in [6.07, 6.45) is -2.41. The normalized spacial score (nSPS) is 13.9. The van der Waals surface area contributed by atoms with Crippen LogP contribution in [0.25, 0.3) is 10.6 Å². The highest BCUT2D eigenvalue weighted by Crippen LogP contribution is 2.34. The minimum absolute atomic E-state index is 0.0126. The number of alkyl halides is 3. The highest BCUT2D eigenvalue weighted by atomic mass is 32.1. The highest BCUT2D eigenvalue weighted by molar-refractivity contribution is 7.13. The van der Waals surface area contributed by atoms with Gasteiger partial charge < -0.3 is 10.1 Å². The number of nitrogens with zero attached hydrogens (tertiary/aromatic N) is 1.